The second-order valence-corrected chi connectivity index (χ2v) is 2.84. The summed E-state index contributed by atoms with van der Waals surface area (Å²) in [6, 6.07) is 6.71. The summed E-state index contributed by atoms with van der Waals surface area (Å²) in [4.78, 5) is 20.8. The average molecular weight is 229 g/mol. The molecule has 1 aromatic carbocycles. The minimum atomic E-state index is -0.655. The van der Waals surface area contributed by atoms with E-state index >= 15 is 0 Å². The topological polar surface area (TPSA) is 43.4 Å². The summed E-state index contributed by atoms with van der Waals surface area (Å²) in [5.74, 6) is -0.655. The molecule has 0 atom stereocenters. The van der Waals surface area contributed by atoms with E-state index in [0.717, 1.165) is 0 Å². The number of hydrogen-bond acceptors (Lipinski definition) is 3. The molecule has 0 saturated heterocycles. The number of esters is 1. The Balaban J connectivity index is 2.94. The Morgan fingerprint density at radius 1 is 1.42 bits per heavy atom. The maximum atomic E-state index is 11.0. The minimum Gasteiger partial charge on any atom is -0.392 e. The van der Waals surface area contributed by atoms with Gasteiger partial charge in [0.25, 0.3) is 0 Å². The minimum absolute atomic E-state index is 0.113. The van der Waals surface area contributed by atoms with Crippen LogP contribution in [0.3, 0.4) is 0 Å². The molecular weight excluding hydrogens is 224 g/mol. The lowest BCUT2D eigenvalue weighted by molar-refractivity contribution is -0.123. The van der Waals surface area contributed by atoms with Crippen molar-refractivity contribution >= 4 is 28.4 Å². The van der Waals surface area contributed by atoms with Crippen molar-refractivity contribution in [2.75, 3.05) is 0 Å². The summed E-state index contributed by atoms with van der Waals surface area (Å²) in [5.41, 5.74) is 0.338. The van der Waals surface area contributed by atoms with Crippen molar-refractivity contribution < 1.29 is 14.3 Å². The van der Waals surface area contributed by atoms with Crippen LogP contribution in [-0.2, 0) is 9.53 Å². The molecule has 0 aliphatic rings. The number of benzene rings is 1. The molecule has 0 N–H and O–H groups in total. The summed E-state index contributed by atoms with van der Waals surface area (Å²) in [7, 11) is 0. The van der Waals surface area contributed by atoms with Crippen molar-refractivity contribution in [1.82, 2.24) is 0 Å². The van der Waals surface area contributed by atoms with Gasteiger partial charge in [0.05, 0.1) is 5.56 Å². The zero-order valence-electron chi connectivity index (χ0n) is 5.99. The summed E-state index contributed by atoms with van der Waals surface area (Å²) in [6.07, 6.45) is 0. The zero-order valence-corrected chi connectivity index (χ0v) is 7.58. The molecule has 0 aliphatic heterocycles. The maximum absolute atomic E-state index is 11.0. The molecule has 62 valence electrons. The van der Waals surface area contributed by atoms with Crippen LogP contribution in [0.4, 0.5) is 0 Å². The van der Waals surface area contributed by atoms with Crippen molar-refractivity contribution in [3.8, 4) is 0 Å². The predicted octanol–water partition coefficient (Wildman–Crippen LogP) is 1.76. The van der Waals surface area contributed by atoms with E-state index in [1.165, 1.54) is 0 Å². The van der Waals surface area contributed by atoms with E-state index in [-0.39, 0.29) is 6.47 Å². The lowest BCUT2D eigenvalue weighted by Crippen LogP contribution is -2.03. The number of carbonyl (C=O) groups is 2. The van der Waals surface area contributed by atoms with Gasteiger partial charge in [-0.3, -0.25) is 4.79 Å². The van der Waals surface area contributed by atoms with Crippen LogP contribution < -0.4 is 0 Å². The maximum Gasteiger partial charge on any atom is 0.346 e. The molecule has 0 fully saturated rings. The lowest BCUT2D eigenvalue weighted by atomic mass is 10.2. The van der Waals surface area contributed by atoms with E-state index in [1.807, 2.05) is 0 Å². The molecule has 4 heteroatoms. The first-order chi connectivity index (χ1) is 5.75. The van der Waals surface area contributed by atoms with Crippen LogP contribution in [0.2, 0.25) is 0 Å². The molecule has 0 saturated carbocycles. The number of hydrogen-bond donors (Lipinski definition) is 0. The first-order valence-corrected chi connectivity index (χ1v) is 3.94. The van der Waals surface area contributed by atoms with E-state index < -0.39 is 5.97 Å². The van der Waals surface area contributed by atoms with Gasteiger partial charge in [-0.2, -0.15) is 0 Å². The van der Waals surface area contributed by atoms with Gasteiger partial charge in [-0.05, 0) is 28.1 Å². The van der Waals surface area contributed by atoms with Crippen molar-refractivity contribution in [3.63, 3.8) is 0 Å². The largest absolute Gasteiger partial charge is 0.392 e. The Kier molecular flexibility index (Phi) is 2.99. The summed E-state index contributed by atoms with van der Waals surface area (Å²) < 4.78 is 4.77. The number of rotatable bonds is 2. The lowest BCUT2D eigenvalue weighted by Gasteiger charge is -1.98. The van der Waals surface area contributed by atoms with Gasteiger partial charge in [-0.25, -0.2) is 4.79 Å². The van der Waals surface area contributed by atoms with Gasteiger partial charge in [-0.1, -0.05) is 12.1 Å². The zero-order chi connectivity index (χ0) is 8.97. The van der Waals surface area contributed by atoms with Gasteiger partial charge in [-0.15, -0.1) is 0 Å². The second-order valence-electron chi connectivity index (χ2n) is 1.98. The standard InChI is InChI=1S/C8H5BrO3/c9-7-4-2-1-3-6(7)8(11)12-5-10/h1-5H. The quantitative estimate of drug-likeness (QED) is 0.441. The van der Waals surface area contributed by atoms with Gasteiger partial charge >= 0.3 is 12.4 Å². The van der Waals surface area contributed by atoms with Gasteiger partial charge in [0.2, 0.25) is 0 Å². The molecule has 3 nitrogen and oxygen atoms in total. The van der Waals surface area contributed by atoms with Crippen LogP contribution in [0.25, 0.3) is 0 Å². The van der Waals surface area contributed by atoms with Gasteiger partial charge in [0.1, 0.15) is 0 Å². The fourth-order valence-corrected chi connectivity index (χ4v) is 1.18. The fourth-order valence-electron chi connectivity index (χ4n) is 0.734. The SMILES string of the molecule is O=COC(=O)c1ccccc1Br. The monoisotopic (exact) mass is 228 g/mol. The normalized spacial score (nSPS) is 9.08. The van der Waals surface area contributed by atoms with Crippen molar-refractivity contribution in [2.24, 2.45) is 0 Å². The smallest absolute Gasteiger partial charge is 0.346 e. The van der Waals surface area contributed by atoms with Crippen molar-refractivity contribution in [3.05, 3.63) is 34.3 Å². The molecule has 0 heterocycles. The van der Waals surface area contributed by atoms with Crippen molar-refractivity contribution in [2.45, 2.75) is 0 Å². The Bertz CT molecular complexity index is 309. The Hall–Kier alpha value is -1.16. The van der Waals surface area contributed by atoms with E-state index in [9.17, 15) is 9.59 Å². The summed E-state index contributed by atoms with van der Waals surface area (Å²) >= 11 is 3.15. The van der Waals surface area contributed by atoms with E-state index in [0.29, 0.717) is 10.0 Å². The van der Waals surface area contributed by atoms with Crippen LogP contribution in [0, 0.1) is 0 Å². The third kappa shape index (κ3) is 1.92. The molecule has 0 unspecified atom stereocenters. The van der Waals surface area contributed by atoms with Crippen LogP contribution in [0.15, 0.2) is 28.7 Å². The van der Waals surface area contributed by atoms with Crippen LogP contribution >= 0.6 is 15.9 Å². The second kappa shape index (κ2) is 4.01. The van der Waals surface area contributed by atoms with E-state index in [4.69, 9.17) is 0 Å². The highest BCUT2D eigenvalue weighted by molar-refractivity contribution is 9.10. The molecule has 0 amide bonds. The molecular formula is C8H5BrO3. The molecule has 12 heavy (non-hydrogen) atoms. The fraction of sp³-hybridized carbons (Fsp3) is 0. The first-order valence-electron chi connectivity index (χ1n) is 3.15. The highest BCUT2D eigenvalue weighted by Gasteiger charge is 2.09. The molecule has 0 spiro atoms. The van der Waals surface area contributed by atoms with Crippen LogP contribution in [0.1, 0.15) is 10.4 Å². The molecule has 0 aliphatic carbocycles. The third-order valence-corrected chi connectivity index (χ3v) is 1.94. The van der Waals surface area contributed by atoms with Gasteiger partial charge in [0, 0.05) is 4.47 Å². The Morgan fingerprint density at radius 2 is 2.08 bits per heavy atom. The molecule has 1 rings (SSSR count). The Morgan fingerprint density at radius 3 is 2.67 bits per heavy atom. The predicted molar refractivity (Wildman–Crippen MR) is 45.6 cm³/mol. The van der Waals surface area contributed by atoms with Gasteiger partial charge in [0.15, 0.2) is 0 Å². The first kappa shape index (κ1) is 8.93. The third-order valence-electron chi connectivity index (χ3n) is 1.25. The number of halogens is 1. The highest BCUT2D eigenvalue weighted by atomic mass is 79.9. The van der Waals surface area contributed by atoms with Crippen molar-refractivity contribution in [1.29, 1.82) is 0 Å². The number of carbonyl (C=O) groups excluding carboxylic acids is 2. The van der Waals surface area contributed by atoms with E-state index in [1.54, 1.807) is 24.3 Å². The molecule has 0 radical (unpaired) electrons. The summed E-state index contributed by atoms with van der Waals surface area (Å²) in [6.45, 7) is 0.113. The molecule has 0 aromatic heterocycles. The Labute approximate surface area is 77.5 Å². The summed E-state index contributed by atoms with van der Waals surface area (Å²) in [5, 5.41) is 0. The highest BCUT2D eigenvalue weighted by Crippen LogP contribution is 2.16. The van der Waals surface area contributed by atoms with Gasteiger partial charge < -0.3 is 4.74 Å². The van der Waals surface area contributed by atoms with Crippen LogP contribution in [-0.4, -0.2) is 12.4 Å². The van der Waals surface area contributed by atoms with Crippen LogP contribution in [0.5, 0.6) is 0 Å². The molecule has 1 aromatic rings. The average Bonchev–Trinajstić information content (AvgIpc) is 2.05. The van der Waals surface area contributed by atoms with E-state index in [2.05, 4.69) is 20.7 Å². The molecule has 0 bridgehead atoms. The number of ether oxygens (including phenoxy) is 1.